The molecular weight excluding hydrogens is 328 g/mol. The van der Waals surface area contributed by atoms with Crippen LogP contribution in [0.2, 0.25) is 0 Å². The van der Waals surface area contributed by atoms with Gasteiger partial charge in [0.1, 0.15) is 11.5 Å². The van der Waals surface area contributed by atoms with E-state index in [-0.39, 0.29) is 11.0 Å². The molecule has 0 spiro atoms. The molecule has 0 bridgehead atoms. The monoisotopic (exact) mass is 352 g/mol. The van der Waals surface area contributed by atoms with Crippen molar-refractivity contribution in [2.24, 2.45) is 5.41 Å². The van der Waals surface area contributed by atoms with E-state index in [2.05, 4.69) is 50.8 Å². The van der Waals surface area contributed by atoms with Crippen molar-refractivity contribution in [3.63, 3.8) is 0 Å². The predicted molar refractivity (Wildman–Crippen MR) is 106 cm³/mol. The minimum absolute atomic E-state index is 0.0974. The van der Waals surface area contributed by atoms with Crippen molar-refractivity contribution >= 4 is 22.8 Å². The molecule has 130 valence electrons. The molecule has 0 aliphatic carbocycles. The van der Waals surface area contributed by atoms with E-state index in [9.17, 15) is 0 Å². The van der Waals surface area contributed by atoms with Gasteiger partial charge in [0.2, 0.25) is 0 Å². The highest BCUT2D eigenvalue weighted by atomic mass is 32.1. The second-order valence-corrected chi connectivity index (χ2v) is 9.08. The largest absolute Gasteiger partial charge is 0.364 e. The van der Waals surface area contributed by atoms with Crippen LogP contribution in [-0.2, 0) is 0 Å². The zero-order valence-corrected chi connectivity index (χ0v) is 16.2. The molecule has 3 aromatic heterocycles. The van der Waals surface area contributed by atoms with Gasteiger partial charge in [0, 0.05) is 23.5 Å². The summed E-state index contributed by atoms with van der Waals surface area (Å²) in [6.45, 7) is 11.2. The molecule has 0 aromatic carbocycles. The van der Waals surface area contributed by atoms with Gasteiger partial charge in [-0.15, -0.1) is 17.8 Å². The first-order valence-corrected chi connectivity index (χ1v) is 9.23. The normalized spacial score (nSPS) is 12.3. The molecule has 4 nitrogen and oxygen atoms in total. The number of nitrogens with zero attached hydrogens (tertiary/aromatic N) is 3. The quantitative estimate of drug-likeness (QED) is 0.667. The van der Waals surface area contributed by atoms with Gasteiger partial charge in [0.05, 0.1) is 11.1 Å². The average molecular weight is 353 g/mol. The fraction of sp³-hybridized carbons (Fsp3) is 0.400. The molecule has 3 aromatic rings. The van der Waals surface area contributed by atoms with Crippen LogP contribution in [0.15, 0.2) is 30.0 Å². The predicted octanol–water partition coefficient (Wildman–Crippen LogP) is 5.07. The third-order valence-electron chi connectivity index (χ3n) is 3.90. The molecule has 0 aliphatic rings. The van der Waals surface area contributed by atoms with Crippen molar-refractivity contribution in [1.82, 2.24) is 14.4 Å². The summed E-state index contributed by atoms with van der Waals surface area (Å²) < 4.78 is 2.05. The topological polar surface area (TPSA) is 42.2 Å². The fourth-order valence-corrected chi connectivity index (χ4v) is 4.33. The SMILES string of the molecule is C#Cc1ccsc1-c1nc2cnccn2c1NC(C)(C)CC(C)(C)C. The third-order valence-corrected chi connectivity index (χ3v) is 4.82. The van der Waals surface area contributed by atoms with Gasteiger partial charge in [-0.3, -0.25) is 9.38 Å². The first-order chi connectivity index (χ1) is 11.7. The lowest BCUT2D eigenvalue weighted by Crippen LogP contribution is -2.36. The number of aromatic nitrogens is 3. The van der Waals surface area contributed by atoms with E-state index in [1.165, 1.54) is 0 Å². The first-order valence-electron chi connectivity index (χ1n) is 8.35. The van der Waals surface area contributed by atoms with Gasteiger partial charge in [0.25, 0.3) is 0 Å². The summed E-state index contributed by atoms with van der Waals surface area (Å²) >= 11 is 1.62. The van der Waals surface area contributed by atoms with Crippen LogP contribution >= 0.6 is 11.3 Å². The van der Waals surface area contributed by atoms with Crippen molar-refractivity contribution in [3.8, 4) is 22.9 Å². The maximum Gasteiger partial charge on any atom is 0.157 e. The average Bonchev–Trinajstić information content (AvgIpc) is 3.09. The molecule has 0 fully saturated rings. The first kappa shape index (κ1) is 17.5. The van der Waals surface area contributed by atoms with Crippen molar-refractivity contribution in [2.45, 2.75) is 46.6 Å². The van der Waals surface area contributed by atoms with Crippen molar-refractivity contribution < 1.29 is 0 Å². The Kier molecular flexibility index (Phi) is 4.34. The van der Waals surface area contributed by atoms with Gasteiger partial charge in [-0.1, -0.05) is 26.7 Å². The number of hydrogen-bond acceptors (Lipinski definition) is 4. The zero-order chi connectivity index (χ0) is 18.2. The standard InChI is InChI=1S/C20H24N4S/c1-7-14-8-11-25-17(14)16-18(23-20(5,6)13-19(2,3)4)24-10-9-21-12-15(24)22-16/h1,8-12,23H,13H2,2-6H3. The molecule has 5 heteroatoms. The van der Waals surface area contributed by atoms with Crippen LogP contribution < -0.4 is 5.32 Å². The Labute approximate surface area is 153 Å². The molecule has 0 aliphatic heterocycles. The van der Waals surface area contributed by atoms with Crippen LogP contribution in [0.5, 0.6) is 0 Å². The van der Waals surface area contributed by atoms with Crippen LogP contribution in [0, 0.1) is 17.8 Å². The van der Waals surface area contributed by atoms with Crippen LogP contribution in [0.3, 0.4) is 0 Å². The van der Waals surface area contributed by atoms with E-state index in [0.717, 1.165) is 34.0 Å². The number of anilines is 1. The van der Waals surface area contributed by atoms with E-state index in [4.69, 9.17) is 11.4 Å². The molecule has 0 saturated heterocycles. The zero-order valence-electron chi connectivity index (χ0n) is 15.4. The highest BCUT2D eigenvalue weighted by Crippen LogP contribution is 2.37. The molecule has 0 saturated carbocycles. The number of fused-ring (bicyclic) bond motifs is 1. The summed E-state index contributed by atoms with van der Waals surface area (Å²) in [7, 11) is 0. The lowest BCUT2D eigenvalue weighted by Gasteiger charge is -2.34. The minimum Gasteiger partial charge on any atom is -0.364 e. The highest BCUT2D eigenvalue weighted by Gasteiger charge is 2.28. The van der Waals surface area contributed by atoms with E-state index < -0.39 is 0 Å². The van der Waals surface area contributed by atoms with E-state index in [1.54, 1.807) is 23.7 Å². The summed E-state index contributed by atoms with van der Waals surface area (Å²) in [5.41, 5.74) is 2.68. The molecule has 25 heavy (non-hydrogen) atoms. The van der Waals surface area contributed by atoms with Gasteiger partial charge in [-0.2, -0.15) is 0 Å². The van der Waals surface area contributed by atoms with E-state index in [1.807, 2.05) is 22.0 Å². The van der Waals surface area contributed by atoms with Crippen LogP contribution in [-0.4, -0.2) is 19.9 Å². The molecule has 3 rings (SSSR count). The van der Waals surface area contributed by atoms with Gasteiger partial charge in [-0.25, -0.2) is 4.98 Å². The molecule has 0 atom stereocenters. The second-order valence-electron chi connectivity index (χ2n) is 8.17. The number of nitrogens with one attached hydrogen (secondary N) is 1. The smallest absolute Gasteiger partial charge is 0.157 e. The fourth-order valence-electron chi connectivity index (χ4n) is 3.48. The van der Waals surface area contributed by atoms with E-state index in [0.29, 0.717) is 0 Å². The van der Waals surface area contributed by atoms with Crippen LogP contribution in [0.25, 0.3) is 16.2 Å². The van der Waals surface area contributed by atoms with Crippen molar-refractivity contribution in [3.05, 3.63) is 35.6 Å². The summed E-state index contributed by atoms with van der Waals surface area (Å²) in [6, 6.07) is 1.96. The Morgan fingerprint density at radius 2 is 2.04 bits per heavy atom. The number of rotatable bonds is 4. The second kappa shape index (κ2) is 6.20. The summed E-state index contributed by atoms with van der Waals surface area (Å²) in [5, 5.41) is 5.73. The summed E-state index contributed by atoms with van der Waals surface area (Å²) in [4.78, 5) is 10.0. The lowest BCUT2D eigenvalue weighted by atomic mass is 9.82. The molecule has 1 N–H and O–H groups in total. The Morgan fingerprint density at radius 3 is 2.72 bits per heavy atom. The number of imidazole rings is 1. The Bertz CT molecular complexity index is 935. The van der Waals surface area contributed by atoms with Crippen LogP contribution in [0.4, 0.5) is 5.82 Å². The van der Waals surface area contributed by atoms with Crippen molar-refractivity contribution in [1.29, 1.82) is 0 Å². The Balaban J connectivity index is 2.13. The molecular formula is C20H24N4S. The number of terminal acetylenes is 1. The Hall–Kier alpha value is -2.32. The maximum atomic E-state index is 5.68. The molecule has 0 amide bonds. The van der Waals surface area contributed by atoms with Crippen LogP contribution in [0.1, 0.15) is 46.6 Å². The van der Waals surface area contributed by atoms with Crippen molar-refractivity contribution in [2.75, 3.05) is 5.32 Å². The summed E-state index contributed by atoms with van der Waals surface area (Å²) in [5.74, 6) is 3.73. The highest BCUT2D eigenvalue weighted by molar-refractivity contribution is 7.13. The van der Waals surface area contributed by atoms with Gasteiger partial charge in [0.15, 0.2) is 5.65 Å². The van der Waals surface area contributed by atoms with Gasteiger partial charge in [-0.05, 0) is 37.1 Å². The number of hydrogen-bond donors (Lipinski definition) is 1. The summed E-state index contributed by atoms with van der Waals surface area (Å²) in [6.07, 6.45) is 12.2. The molecule has 3 heterocycles. The van der Waals surface area contributed by atoms with E-state index >= 15 is 0 Å². The molecule has 0 radical (unpaired) electrons. The van der Waals surface area contributed by atoms with Gasteiger partial charge >= 0.3 is 0 Å². The minimum atomic E-state index is -0.0974. The number of thiophene rings is 1. The third kappa shape index (κ3) is 3.69. The maximum absolute atomic E-state index is 5.68. The lowest BCUT2D eigenvalue weighted by molar-refractivity contribution is 0.302. The van der Waals surface area contributed by atoms with Gasteiger partial charge < -0.3 is 5.32 Å². The Morgan fingerprint density at radius 1 is 1.28 bits per heavy atom. The molecule has 0 unspecified atom stereocenters.